The molecule has 2 N–H and O–H groups in total. The van der Waals surface area contributed by atoms with Gasteiger partial charge in [-0.1, -0.05) is 0 Å². The maximum atomic E-state index is 10.5. The number of carbonyl (C=O) groups excluding carboxylic acids is 1. The summed E-state index contributed by atoms with van der Waals surface area (Å²) >= 11 is 4.02. The number of carboxylic acids is 1. The third kappa shape index (κ3) is 3.27. The van der Waals surface area contributed by atoms with Gasteiger partial charge in [-0.25, -0.2) is 4.79 Å². The number of nitrogens with one attached hydrogen (secondary N) is 1. The molecule has 0 aromatic rings. The number of carboxylic acid groups (broad SMARTS) is 1. The van der Waals surface area contributed by atoms with E-state index < -0.39 is 16.8 Å². The summed E-state index contributed by atoms with van der Waals surface area (Å²) in [7, 11) is 0. The maximum Gasteiger partial charge on any atom is 0.327 e. The van der Waals surface area contributed by atoms with Crippen LogP contribution in [0.2, 0.25) is 0 Å². The second kappa shape index (κ2) is 3.61. The Hall–Kier alpha value is -0.710. The molecule has 0 aliphatic carbocycles. The first-order valence-electron chi connectivity index (χ1n) is 3.04. The van der Waals surface area contributed by atoms with Crippen molar-refractivity contribution in [3.63, 3.8) is 0 Å². The number of amides is 1. The quantitative estimate of drug-likeness (QED) is 0.415. The standard InChI is InChI=1S/C6H11NO3S/c1-6(2,11)4(5(9)10)7-3-8/h3-4,11H,1-2H3,(H,7,8)(H,9,10)/t4-/m0/s1. The van der Waals surface area contributed by atoms with E-state index in [0.717, 1.165) is 0 Å². The molecule has 11 heavy (non-hydrogen) atoms. The molecule has 0 saturated carbocycles. The largest absolute Gasteiger partial charge is 0.480 e. The van der Waals surface area contributed by atoms with E-state index in [2.05, 4.69) is 17.9 Å². The van der Waals surface area contributed by atoms with Gasteiger partial charge in [0.25, 0.3) is 0 Å². The number of hydrogen-bond acceptors (Lipinski definition) is 3. The lowest BCUT2D eigenvalue weighted by Crippen LogP contribution is -2.48. The van der Waals surface area contributed by atoms with Crippen LogP contribution in [0, 0.1) is 0 Å². The fraction of sp³-hybridized carbons (Fsp3) is 0.667. The Balaban J connectivity index is 4.34. The first-order valence-corrected chi connectivity index (χ1v) is 3.49. The summed E-state index contributed by atoms with van der Waals surface area (Å²) < 4.78 is -0.757. The molecule has 1 amide bonds. The van der Waals surface area contributed by atoms with Crippen LogP contribution in [0.4, 0.5) is 0 Å². The summed E-state index contributed by atoms with van der Waals surface area (Å²) in [5.41, 5.74) is 0. The Kier molecular flexibility index (Phi) is 3.38. The summed E-state index contributed by atoms with van der Waals surface area (Å²) in [6.45, 7) is 3.23. The van der Waals surface area contributed by atoms with Gasteiger partial charge in [-0.3, -0.25) is 4.79 Å². The van der Waals surface area contributed by atoms with Gasteiger partial charge in [0.1, 0.15) is 6.04 Å². The molecule has 0 radical (unpaired) electrons. The first kappa shape index (κ1) is 10.3. The molecular weight excluding hydrogens is 166 g/mol. The van der Waals surface area contributed by atoms with Crippen LogP contribution in [0.1, 0.15) is 13.8 Å². The van der Waals surface area contributed by atoms with Crippen molar-refractivity contribution in [1.82, 2.24) is 5.32 Å². The van der Waals surface area contributed by atoms with Gasteiger partial charge in [-0.05, 0) is 13.8 Å². The first-order chi connectivity index (χ1) is 4.89. The zero-order chi connectivity index (χ0) is 9.07. The van der Waals surface area contributed by atoms with Gasteiger partial charge in [-0.15, -0.1) is 0 Å². The minimum Gasteiger partial charge on any atom is -0.480 e. The number of hydrogen-bond donors (Lipinski definition) is 3. The molecule has 0 fully saturated rings. The highest BCUT2D eigenvalue weighted by Crippen LogP contribution is 2.17. The normalized spacial score (nSPS) is 13.7. The molecule has 0 bridgehead atoms. The lowest BCUT2D eigenvalue weighted by atomic mass is 10.0. The van der Waals surface area contributed by atoms with Crippen molar-refractivity contribution in [1.29, 1.82) is 0 Å². The number of rotatable bonds is 4. The van der Waals surface area contributed by atoms with Crippen molar-refractivity contribution in [2.24, 2.45) is 0 Å². The van der Waals surface area contributed by atoms with Gasteiger partial charge >= 0.3 is 5.97 Å². The van der Waals surface area contributed by atoms with E-state index >= 15 is 0 Å². The van der Waals surface area contributed by atoms with Gasteiger partial charge < -0.3 is 10.4 Å². The molecule has 4 nitrogen and oxygen atoms in total. The fourth-order valence-corrected chi connectivity index (χ4v) is 0.830. The summed E-state index contributed by atoms with van der Waals surface area (Å²) in [6.07, 6.45) is 0.358. The Bertz CT molecular complexity index is 164. The van der Waals surface area contributed by atoms with E-state index in [9.17, 15) is 9.59 Å². The van der Waals surface area contributed by atoms with Crippen LogP contribution in [-0.2, 0) is 9.59 Å². The van der Waals surface area contributed by atoms with Crippen LogP contribution in [0.15, 0.2) is 0 Å². The van der Waals surface area contributed by atoms with Crippen LogP contribution in [0.3, 0.4) is 0 Å². The zero-order valence-corrected chi connectivity index (χ0v) is 7.26. The topological polar surface area (TPSA) is 66.4 Å². The molecule has 0 heterocycles. The van der Waals surface area contributed by atoms with Crippen LogP contribution in [-0.4, -0.2) is 28.3 Å². The van der Waals surface area contributed by atoms with Gasteiger partial charge in [0, 0.05) is 4.75 Å². The Morgan fingerprint density at radius 1 is 1.73 bits per heavy atom. The van der Waals surface area contributed by atoms with Crippen LogP contribution in [0.25, 0.3) is 0 Å². The average molecular weight is 177 g/mol. The van der Waals surface area contributed by atoms with Crippen LogP contribution in [0.5, 0.6) is 0 Å². The highest BCUT2D eigenvalue weighted by Gasteiger charge is 2.31. The Labute approximate surface area is 70.4 Å². The molecular formula is C6H11NO3S. The molecule has 5 heteroatoms. The van der Waals surface area contributed by atoms with Gasteiger partial charge in [0.05, 0.1) is 0 Å². The highest BCUT2D eigenvalue weighted by molar-refractivity contribution is 7.81. The Morgan fingerprint density at radius 2 is 2.18 bits per heavy atom. The Morgan fingerprint density at radius 3 is 2.27 bits per heavy atom. The number of carbonyl (C=O) groups is 2. The van der Waals surface area contributed by atoms with Crippen LogP contribution >= 0.6 is 12.6 Å². The van der Waals surface area contributed by atoms with E-state index in [4.69, 9.17) is 5.11 Å². The van der Waals surface area contributed by atoms with E-state index in [1.54, 1.807) is 13.8 Å². The summed E-state index contributed by atoms with van der Waals surface area (Å²) in [5.74, 6) is -1.09. The zero-order valence-electron chi connectivity index (χ0n) is 6.37. The smallest absolute Gasteiger partial charge is 0.327 e. The van der Waals surface area contributed by atoms with E-state index in [-0.39, 0.29) is 0 Å². The summed E-state index contributed by atoms with van der Waals surface area (Å²) in [6, 6.07) is -0.955. The molecule has 0 rings (SSSR count). The SMILES string of the molecule is CC(C)(S)[C@@H](NC=O)C(=O)O. The third-order valence-corrected chi connectivity index (χ3v) is 1.45. The number of thiol groups is 1. The minimum absolute atomic E-state index is 0.358. The molecule has 0 saturated heterocycles. The average Bonchev–Trinajstić information content (AvgIpc) is 1.79. The lowest BCUT2D eigenvalue weighted by molar-refractivity contribution is -0.141. The van der Waals surface area contributed by atoms with E-state index in [1.807, 2.05) is 0 Å². The molecule has 0 aliphatic heterocycles. The fourth-order valence-electron chi connectivity index (χ4n) is 0.645. The van der Waals surface area contributed by atoms with E-state index in [0.29, 0.717) is 6.41 Å². The minimum atomic E-state index is -1.09. The van der Waals surface area contributed by atoms with Crippen molar-refractivity contribution in [2.45, 2.75) is 24.6 Å². The number of aliphatic carboxylic acids is 1. The van der Waals surface area contributed by atoms with Crippen molar-refractivity contribution in [2.75, 3.05) is 0 Å². The van der Waals surface area contributed by atoms with Crippen molar-refractivity contribution < 1.29 is 14.7 Å². The summed E-state index contributed by atoms with van der Waals surface area (Å²) in [5, 5.41) is 10.7. The molecule has 0 aliphatic rings. The molecule has 64 valence electrons. The van der Waals surface area contributed by atoms with Crippen molar-refractivity contribution in [3.8, 4) is 0 Å². The van der Waals surface area contributed by atoms with Crippen LogP contribution < -0.4 is 5.32 Å². The predicted molar refractivity (Wildman–Crippen MR) is 43.7 cm³/mol. The molecule has 0 spiro atoms. The van der Waals surface area contributed by atoms with Gasteiger partial charge in [0.2, 0.25) is 6.41 Å². The van der Waals surface area contributed by atoms with Crippen molar-refractivity contribution >= 4 is 25.0 Å². The highest BCUT2D eigenvalue weighted by atomic mass is 32.1. The molecule has 0 unspecified atom stereocenters. The lowest BCUT2D eigenvalue weighted by Gasteiger charge is -2.24. The second-order valence-corrected chi connectivity index (χ2v) is 3.86. The van der Waals surface area contributed by atoms with Gasteiger partial charge in [0.15, 0.2) is 0 Å². The molecule has 0 aromatic heterocycles. The van der Waals surface area contributed by atoms with E-state index in [1.165, 1.54) is 0 Å². The van der Waals surface area contributed by atoms with Gasteiger partial charge in [-0.2, -0.15) is 12.6 Å². The maximum absolute atomic E-state index is 10.5. The molecule has 0 aromatic carbocycles. The predicted octanol–water partition coefficient (Wildman–Crippen LogP) is -0.106. The third-order valence-electron chi connectivity index (χ3n) is 1.19. The second-order valence-electron chi connectivity index (χ2n) is 2.71. The van der Waals surface area contributed by atoms with Crippen molar-refractivity contribution in [3.05, 3.63) is 0 Å². The summed E-state index contributed by atoms with van der Waals surface area (Å²) in [4.78, 5) is 20.4. The molecule has 1 atom stereocenters. The monoisotopic (exact) mass is 177 g/mol.